The summed E-state index contributed by atoms with van der Waals surface area (Å²) in [6.07, 6.45) is 4.58. The lowest BCUT2D eigenvalue weighted by atomic mass is 10.2. The molecular formula is C12H7Cl2N5. The van der Waals surface area contributed by atoms with E-state index in [1.807, 2.05) is 0 Å². The summed E-state index contributed by atoms with van der Waals surface area (Å²) in [4.78, 5) is 10.9. The molecule has 0 aliphatic carbocycles. The third-order valence-electron chi connectivity index (χ3n) is 2.25. The molecule has 5 nitrogen and oxygen atoms in total. The van der Waals surface area contributed by atoms with Crippen molar-refractivity contribution in [3.63, 3.8) is 0 Å². The fourth-order valence-electron chi connectivity index (χ4n) is 1.38. The summed E-state index contributed by atoms with van der Waals surface area (Å²) in [5, 5.41) is 4.43. The largest absolute Gasteiger partial charge is 0.264 e. The van der Waals surface area contributed by atoms with E-state index in [0.29, 0.717) is 27.0 Å². The Hall–Kier alpha value is -2.07. The fourth-order valence-corrected chi connectivity index (χ4v) is 1.88. The van der Waals surface area contributed by atoms with Crippen LogP contribution in [0, 0.1) is 0 Å². The molecule has 0 aliphatic heterocycles. The normalized spacial score (nSPS) is 10.4. The number of para-hydroxylation sites is 1. The quantitative estimate of drug-likeness (QED) is 0.336. The minimum absolute atomic E-state index is 0.435. The molecular weight excluding hydrogens is 285 g/mol. The van der Waals surface area contributed by atoms with E-state index in [1.54, 1.807) is 24.3 Å². The molecule has 0 fully saturated rings. The molecule has 0 spiro atoms. The zero-order valence-corrected chi connectivity index (χ0v) is 11.0. The molecule has 0 radical (unpaired) electrons. The molecule has 1 aromatic heterocycles. The summed E-state index contributed by atoms with van der Waals surface area (Å²) in [6, 6.07) is 6.71. The van der Waals surface area contributed by atoms with Crippen molar-refractivity contribution in [2.45, 2.75) is 0 Å². The number of azide groups is 1. The van der Waals surface area contributed by atoms with Gasteiger partial charge in [-0.25, -0.2) is 0 Å². The van der Waals surface area contributed by atoms with Crippen LogP contribution in [0.3, 0.4) is 0 Å². The summed E-state index contributed by atoms with van der Waals surface area (Å²) in [6.45, 7) is 0. The van der Waals surface area contributed by atoms with Crippen molar-refractivity contribution in [2.75, 3.05) is 0 Å². The van der Waals surface area contributed by atoms with Crippen molar-refractivity contribution >= 4 is 40.8 Å². The molecule has 0 atom stereocenters. The van der Waals surface area contributed by atoms with E-state index in [4.69, 9.17) is 28.7 Å². The van der Waals surface area contributed by atoms with E-state index >= 15 is 0 Å². The van der Waals surface area contributed by atoms with Gasteiger partial charge in [-0.2, -0.15) is 0 Å². The first kappa shape index (κ1) is 13.4. The first-order valence-corrected chi connectivity index (χ1v) is 5.95. The monoisotopic (exact) mass is 291 g/mol. The van der Waals surface area contributed by atoms with E-state index in [1.165, 1.54) is 18.6 Å². The Morgan fingerprint density at radius 2 is 1.95 bits per heavy atom. The minimum Gasteiger partial charge on any atom is -0.264 e. The molecule has 19 heavy (non-hydrogen) atoms. The van der Waals surface area contributed by atoms with Crippen LogP contribution in [0.4, 0.5) is 11.4 Å². The molecule has 0 aliphatic rings. The van der Waals surface area contributed by atoms with Gasteiger partial charge in [0.15, 0.2) is 0 Å². The van der Waals surface area contributed by atoms with Gasteiger partial charge in [-0.15, -0.1) is 0 Å². The molecule has 0 saturated heterocycles. The highest BCUT2D eigenvalue weighted by molar-refractivity contribution is 6.38. The van der Waals surface area contributed by atoms with Crippen LogP contribution in [0.2, 0.25) is 10.0 Å². The maximum atomic E-state index is 8.47. The smallest absolute Gasteiger partial charge is 0.100 e. The number of pyridine rings is 1. The Morgan fingerprint density at radius 1 is 1.21 bits per heavy atom. The highest BCUT2D eigenvalue weighted by Gasteiger charge is 2.03. The van der Waals surface area contributed by atoms with Gasteiger partial charge >= 0.3 is 0 Å². The van der Waals surface area contributed by atoms with Gasteiger partial charge in [0.05, 0.1) is 10.0 Å². The van der Waals surface area contributed by atoms with Gasteiger partial charge in [0.1, 0.15) is 5.69 Å². The summed E-state index contributed by atoms with van der Waals surface area (Å²) in [7, 11) is 0. The lowest BCUT2D eigenvalue weighted by molar-refractivity contribution is 1.29. The number of aliphatic imine (C=N–C) groups is 1. The molecule has 7 heteroatoms. The van der Waals surface area contributed by atoms with Crippen LogP contribution in [0.25, 0.3) is 10.4 Å². The van der Waals surface area contributed by atoms with Crippen LogP contribution in [0.1, 0.15) is 5.56 Å². The van der Waals surface area contributed by atoms with E-state index in [9.17, 15) is 0 Å². The second-order valence-electron chi connectivity index (χ2n) is 3.45. The van der Waals surface area contributed by atoms with Crippen molar-refractivity contribution in [3.05, 3.63) is 62.7 Å². The third-order valence-corrected chi connectivity index (χ3v) is 2.86. The number of halogens is 2. The average Bonchev–Trinajstić information content (AvgIpc) is 2.40. The number of hydrogen-bond donors (Lipinski definition) is 0. The molecule has 1 aromatic carbocycles. The maximum Gasteiger partial charge on any atom is 0.100 e. The van der Waals surface area contributed by atoms with E-state index in [2.05, 4.69) is 20.0 Å². The lowest BCUT2D eigenvalue weighted by Gasteiger charge is -2.01. The van der Waals surface area contributed by atoms with Crippen LogP contribution in [0.5, 0.6) is 0 Å². The van der Waals surface area contributed by atoms with Gasteiger partial charge in [-0.1, -0.05) is 34.4 Å². The Balaban J connectivity index is 2.41. The molecule has 0 unspecified atom stereocenters. The zero-order chi connectivity index (χ0) is 13.7. The molecule has 0 amide bonds. The third kappa shape index (κ3) is 3.23. The Morgan fingerprint density at radius 3 is 2.63 bits per heavy atom. The Labute approximate surface area is 119 Å². The predicted molar refractivity (Wildman–Crippen MR) is 76.8 cm³/mol. The van der Waals surface area contributed by atoms with Crippen molar-refractivity contribution in [1.29, 1.82) is 0 Å². The lowest BCUT2D eigenvalue weighted by Crippen LogP contribution is -1.84. The molecule has 94 valence electrons. The number of rotatable bonds is 3. The van der Waals surface area contributed by atoms with Crippen molar-refractivity contribution < 1.29 is 0 Å². The average molecular weight is 292 g/mol. The SMILES string of the molecule is [N-]=[N+]=Nc1ccncc1C=Nc1c(Cl)cccc1Cl. The summed E-state index contributed by atoms with van der Waals surface area (Å²) in [5.41, 5.74) is 9.94. The van der Waals surface area contributed by atoms with Gasteiger partial charge in [-0.05, 0) is 23.7 Å². The highest BCUT2D eigenvalue weighted by Crippen LogP contribution is 2.32. The summed E-state index contributed by atoms with van der Waals surface area (Å²) in [5.74, 6) is 0. The zero-order valence-electron chi connectivity index (χ0n) is 9.53. The fraction of sp³-hybridized carbons (Fsp3) is 0. The van der Waals surface area contributed by atoms with E-state index in [-0.39, 0.29) is 0 Å². The van der Waals surface area contributed by atoms with Gasteiger partial charge < -0.3 is 0 Å². The first-order chi connectivity index (χ1) is 9.22. The van der Waals surface area contributed by atoms with Crippen LogP contribution in [0.15, 0.2) is 46.8 Å². The van der Waals surface area contributed by atoms with Crippen LogP contribution in [-0.4, -0.2) is 11.2 Å². The minimum atomic E-state index is 0.435. The van der Waals surface area contributed by atoms with Crippen molar-refractivity contribution in [1.82, 2.24) is 4.98 Å². The van der Waals surface area contributed by atoms with Gasteiger partial charge in [0.2, 0.25) is 0 Å². The topological polar surface area (TPSA) is 74.0 Å². The number of hydrogen-bond acceptors (Lipinski definition) is 3. The second-order valence-corrected chi connectivity index (χ2v) is 4.27. The van der Waals surface area contributed by atoms with Crippen molar-refractivity contribution in [2.24, 2.45) is 10.1 Å². The van der Waals surface area contributed by atoms with Gasteiger partial charge in [-0.3, -0.25) is 9.98 Å². The summed E-state index contributed by atoms with van der Waals surface area (Å²) >= 11 is 12.0. The molecule has 2 rings (SSSR count). The predicted octanol–water partition coefficient (Wildman–Crippen LogP) is 5.08. The number of nitrogens with zero attached hydrogens (tertiary/aromatic N) is 5. The maximum absolute atomic E-state index is 8.47. The molecule has 0 saturated carbocycles. The Kier molecular flexibility index (Phi) is 4.36. The van der Waals surface area contributed by atoms with E-state index in [0.717, 1.165) is 0 Å². The molecule has 2 aromatic rings. The van der Waals surface area contributed by atoms with Crippen LogP contribution < -0.4 is 0 Å². The van der Waals surface area contributed by atoms with Gasteiger partial charge in [0.25, 0.3) is 0 Å². The molecule has 0 bridgehead atoms. The number of aromatic nitrogens is 1. The first-order valence-electron chi connectivity index (χ1n) is 5.19. The highest BCUT2D eigenvalue weighted by atomic mass is 35.5. The summed E-state index contributed by atoms with van der Waals surface area (Å²) < 4.78 is 0. The van der Waals surface area contributed by atoms with Crippen LogP contribution >= 0.6 is 23.2 Å². The standard InChI is InChI=1S/C12H7Cl2N5/c13-9-2-1-3-10(14)12(9)17-7-8-6-16-5-4-11(8)18-19-15/h1-7H. The van der Waals surface area contributed by atoms with E-state index < -0.39 is 0 Å². The number of benzene rings is 1. The second kappa shape index (κ2) is 6.20. The Bertz CT molecular complexity index is 657. The van der Waals surface area contributed by atoms with Crippen LogP contribution in [-0.2, 0) is 0 Å². The molecule has 0 N–H and O–H groups in total. The molecule has 1 heterocycles. The van der Waals surface area contributed by atoms with Crippen molar-refractivity contribution in [3.8, 4) is 0 Å². The van der Waals surface area contributed by atoms with Gasteiger partial charge in [0, 0.05) is 34.8 Å².